The summed E-state index contributed by atoms with van der Waals surface area (Å²) in [5.41, 5.74) is 11.3. The molecule has 0 saturated carbocycles. The number of sulfone groups is 1. The molecule has 2 aromatic rings. The van der Waals surface area contributed by atoms with E-state index >= 15 is 0 Å². The minimum atomic E-state index is -3.99. The van der Waals surface area contributed by atoms with Gasteiger partial charge < -0.3 is 16.2 Å². The number of benzene rings is 2. The first kappa shape index (κ1) is 21.2. The molecule has 10 nitrogen and oxygen atoms in total. The van der Waals surface area contributed by atoms with Gasteiger partial charge in [0.15, 0.2) is 15.8 Å². The largest absolute Gasteiger partial charge is 0.455 e. The second-order valence-electron chi connectivity index (χ2n) is 7.26. The standard InChI is InChI=1S/C19H20N4O6S/c1-9(2)14-7-13(23(25)26)5-12-8-30(27,28)15-6-11(18(24)22-19(20)21)4-10(3)16(15)29-17(12)14/h4-7,9H,8H2,1-3H3,(H4,20,21,22,24). The van der Waals surface area contributed by atoms with Gasteiger partial charge in [0.1, 0.15) is 16.4 Å². The van der Waals surface area contributed by atoms with Gasteiger partial charge in [-0.1, -0.05) is 13.8 Å². The minimum absolute atomic E-state index is 0.0205. The molecule has 1 aliphatic heterocycles. The molecule has 11 heteroatoms. The Labute approximate surface area is 172 Å². The predicted octanol–water partition coefficient (Wildman–Crippen LogP) is 2.52. The fourth-order valence-corrected chi connectivity index (χ4v) is 4.83. The first-order chi connectivity index (χ1) is 13.9. The molecule has 3 rings (SSSR count). The number of carbonyl (C=O) groups is 1. The van der Waals surface area contributed by atoms with Crippen molar-refractivity contribution in [3.05, 3.63) is 56.6 Å². The number of hydrogen-bond donors (Lipinski definition) is 2. The summed E-state index contributed by atoms with van der Waals surface area (Å²) in [6.07, 6.45) is 0. The van der Waals surface area contributed by atoms with Crippen LogP contribution in [-0.4, -0.2) is 25.2 Å². The molecule has 4 N–H and O–H groups in total. The van der Waals surface area contributed by atoms with Crippen LogP contribution in [0.3, 0.4) is 0 Å². The van der Waals surface area contributed by atoms with Gasteiger partial charge in [-0.2, -0.15) is 4.99 Å². The quantitative estimate of drug-likeness (QED) is 0.323. The van der Waals surface area contributed by atoms with Crippen LogP contribution in [0.25, 0.3) is 0 Å². The number of non-ortho nitro benzene ring substituents is 1. The number of nitrogens with two attached hydrogens (primary N) is 2. The summed E-state index contributed by atoms with van der Waals surface area (Å²) in [5.74, 6) is -1.60. The van der Waals surface area contributed by atoms with Crippen LogP contribution in [0.5, 0.6) is 11.5 Å². The Morgan fingerprint density at radius 2 is 1.87 bits per heavy atom. The van der Waals surface area contributed by atoms with Crippen LogP contribution in [0.4, 0.5) is 5.69 Å². The molecule has 0 radical (unpaired) electrons. The third-order valence-electron chi connectivity index (χ3n) is 4.62. The number of rotatable bonds is 3. The average molecular weight is 432 g/mol. The number of fused-ring (bicyclic) bond motifs is 2. The van der Waals surface area contributed by atoms with E-state index in [1.165, 1.54) is 18.2 Å². The van der Waals surface area contributed by atoms with E-state index in [1.807, 2.05) is 13.8 Å². The SMILES string of the molecule is Cc1cc(C(=O)N=C(N)N)cc2c1Oc1c(cc([N+](=O)[O-])cc1C(C)C)CS2(=O)=O. The van der Waals surface area contributed by atoms with Gasteiger partial charge in [-0.25, -0.2) is 8.42 Å². The number of carbonyl (C=O) groups excluding carboxylic acids is 1. The van der Waals surface area contributed by atoms with Crippen LogP contribution in [0.1, 0.15) is 46.8 Å². The lowest BCUT2D eigenvalue weighted by atomic mass is 9.98. The maximum absolute atomic E-state index is 13.1. The lowest BCUT2D eigenvalue weighted by molar-refractivity contribution is -0.385. The van der Waals surface area contributed by atoms with E-state index in [9.17, 15) is 23.3 Å². The van der Waals surface area contributed by atoms with Gasteiger partial charge in [-0.3, -0.25) is 14.9 Å². The van der Waals surface area contributed by atoms with Crippen molar-refractivity contribution in [1.29, 1.82) is 0 Å². The van der Waals surface area contributed by atoms with Crippen molar-refractivity contribution in [2.45, 2.75) is 37.3 Å². The van der Waals surface area contributed by atoms with Gasteiger partial charge in [0.2, 0.25) is 0 Å². The van der Waals surface area contributed by atoms with Gasteiger partial charge in [-0.15, -0.1) is 0 Å². The fourth-order valence-electron chi connectivity index (χ4n) is 3.26. The molecule has 1 aliphatic rings. The van der Waals surface area contributed by atoms with Crippen molar-refractivity contribution in [3.8, 4) is 11.5 Å². The van der Waals surface area contributed by atoms with Gasteiger partial charge in [0, 0.05) is 28.8 Å². The molecule has 30 heavy (non-hydrogen) atoms. The van der Waals surface area contributed by atoms with Crippen molar-refractivity contribution < 1.29 is 22.9 Å². The summed E-state index contributed by atoms with van der Waals surface area (Å²) in [6, 6.07) is 5.16. The second-order valence-corrected chi connectivity index (χ2v) is 9.22. The zero-order chi connectivity index (χ0) is 22.4. The van der Waals surface area contributed by atoms with E-state index in [0.29, 0.717) is 11.1 Å². The molecular formula is C19H20N4O6S. The summed E-state index contributed by atoms with van der Waals surface area (Å²) in [4.78, 5) is 26.2. The molecule has 1 heterocycles. The minimum Gasteiger partial charge on any atom is -0.455 e. The van der Waals surface area contributed by atoms with Crippen LogP contribution >= 0.6 is 0 Å². The van der Waals surface area contributed by atoms with E-state index in [4.69, 9.17) is 16.2 Å². The molecular weight excluding hydrogens is 412 g/mol. The van der Waals surface area contributed by atoms with E-state index in [1.54, 1.807) is 6.92 Å². The highest BCUT2D eigenvalue weighted by atomic mass is 32.2. The maximum atomic E-state index is 13.1. The Bertz CT molecular complexity index is 1210. The number of amides is 1. The lowest BCUT2D eigenvalue weighted by Crippen LogP contribution is -2.24. The van der Waals surface area contributed by atoms with Gasteiger partial charge in [0.05, 0.1) is 10.7 Å². The number of ether oxygens (including phenoxy) is 1. The van der Waals surface area contributed by atoms with Crippen molar-refractivity contribution >= 4 is 27.4 Å². The number of guanidine groups is 1. The Balaban J connectivity index is 2.28. The first-order valence-electron chi connectivity index (χ1n) is 8.91. The molecule has 0 spiro atoms. The van der Waals surface area contributed by atoms with Crippen molar-refractivity contribution in [3.63, 3.8) is 0 Å². The molecule has 158 valence electrons. The number of nitrogens with zero attached hydrogens (tertiary/aromatic N) is 2. The lowest BCUT2D eigenvalue weighted by Gasteiger charge is -2.17. The fraction of sp³-hybridized carbons (Fsp3) is 0.263. The topological polar surface area (TPSA) is 168 Å². The summed E-state index contributed by atoms with van der Waals surface area (Å²) in [5, 5.41) is 11.3. The molecule has 0 aliphatic carbocycles. The molecule has 2 aromatic carbocycles. The van der Waals surface area contributed by atoms with Gasteiger partial charge >= 0.3 is 0 Å². The molecule has 0 saturated heterocycles. The highest BCUT2D eigenvalue weighted by Gasteiger charge is 2.32. The summed E-state index contributed by atoms with van der Waals surface area (Å²) in [7, 11) is -3.99. The number of aryl methyl sites for hydroxylation is 1. The third-order valence-corrected chi connectivity index (χ3v) is 6.28. The molecule has 0 aromatic heterocycles. The van der Waals surface area contributed by atoms with Crippen LogP contribution in [0, 0.1) is 17.0 Å². The second kappa shape index (κ2) is 7.41. The number of aliphatic imine (C=N–C) groups is 1. The van der Waals surface area contributed by atoms with Crippen molar-refractivity contribution in [2.75, 3.05) is 0 Å². The summed E-state index contributed by atoms with van der Waals surface area (Å²) < 4.78 is 32.3. The zero-order valence-electron chi connectivity index (χ0n) is 16.5. The number of nitro groups is 1. The average Bonchev–Trinajstić information content (AvgIpc) is 2.73. The van der Waals surface area contributed by atoms with Gasteiger partial charge in [-0.05, 0) is 30.5 Å². The van der Waals surface area contributed by atoms with E-state index in [2.05, 4.69) is 4.99 Å². The van der Waals surface area contributed by atoms with Crippen LogP contribution in [-0.2, 0) is 15.6 Å². The zero-order valence-corrected chi connectivity index (χ0v) is 17.3. The molecule has 0 unspecified atom stereocenters. The van der Waals surface area contributed by atoms with Crippen molar-refractivity contribution in [1.82, 2.24) is 0 Å². The van der Waals surface area contributed by atoms with Crippen LogP contribution in [0.2, 0.25) is 0 Å². The highest BCUT2D eigenvalue weighted by molar-refractivity contribution is 7.90. The Hall–Kier alpha value is -3.47. The van der Waals surface area contributed by atoms with Gasteiger partial charge in [0.25, 0.3) is 11.6 Å². The molecule has 0 bridgehead atoms. The molecule has 0 fully saturated rings. The normalized spacial score (nSPS) is 14.1. The Morgan fingerprint density at radius 3 is 2.43 bits per heavy atom. The van der Waals surface area contributed by atoms with E-state index in [0.717, 1.165) is 6.07 Å². The third kappa shape index (κ3) is 3.83. The van der Waals surface area contributed by atoms with E-state index in [-0.39, 0.29) is 39.1 Å². The molecule has 0 atom stereocenters. The van der Waals surface area contributed by atoms with Crippen LogP contribution < -0.4 is 16.2 Å². The Kier molecular flexibility index (Phi) is 5.25. The number of hydrogen-bond acceptors (Lipinski definition) is 6. The van der Waals surface area contributed by atoms with Crippen LogP contribution in [0.15, 0.2) is 34.2 Å². The monoisotopic (exact) mass is 432 g/mol. The van der Waals surface area contributed by atoms with E-state index < -0.39 is 32.4 Å². The number of nitro benzene ring substituents is 1. The molecule has 1 amide bonds. The maximum Gasteiger partial charge on any atom is 0.280 e. The Morgan fingerprint density at radius 1 is 1.20 bits per heavy atom. The highest BCUT2D eigenvalue weighted by Crippen LogP contribution is 2.45. The predicted molar refractivity (Wildman–Crippen MR) is 109 cm³/mol. The first-order valence-corrected chi connectivity index (χ1v) is 10.6. The van der Waals surface area contributed by atoms with Crippen molar-refractivity contribution in [2.24, 2.45) is 16.5 Å². The summed E-state index contributed by atoms with van der Waals surface area (Å²) in [6.45, 7) is 5.24. The summed E-state index contributed by atoms with van der Waals surface area (Å²) >= 11 is 0. The smallest absolute Gasteiger partial charge is 0.280 e.